The van der Waals surface area contributed by atoms with Crippen molar-refractivity contribution in [2.75, 3.05) is 12.4 Å². The van der Waals surface area contributed by atoms with Gasteiger partial charge < -0.3 is 14.8 Å². The summed E-state index contributed by atoms with van der Waals surface area (Å²) in [5.41, 5.74) is 4.84. The van der Waals surface area contributed by atoms with Crippen molar-refractivity contribution in [3.05, 3.63) is 77.9 Å². The molecule has 0 unspecified atom stereocenters. The summed E-state index contributed by atoms with van der Waals surface area (Å²) < 4.78 is 11.7. The zero-order valence-electron chi connectivity index (χ0n) is 14.5. The molecule has 0 saturated heterocycles. The van der Waals surface area contributed by atoms with Gasteiger partial charge >= 0.3 is 0 Å². The van der Waals surface area contributed by atoms with Crippen LogP contribution in [0.4, 0.5) is 5.69 Å². The van der Waals surface area contributed by atoms with Gasteiger partial charge in [0, 0.05) is 5.69 Å². The minimum absolute atomic E-state index is 0.0257. The first-order valence-electron chi connectivity index (χ1n) is 8.51. The number of rotatable bonds is 5. The molecule has 0 aliphatic carbocycles. The standard InChI is InChI=1S/C22H19NO3/c1-25-19-8-5-9-20(26-14-15-6-3-2-4-7-15)22(19)16-10-11-18-17(12-16)13-21(24)23-18/h2-12H,13-14H2,1H3,(H,23,24). The van der Waals surface area contributed by atoms with Gasteiger partial charge in [-0.3, -0.25) is 4.79 Å². The topological polar surface area (TPSA) is 47.6 Å². The summed E-state index contributed by atoms with van der Waals surface area (Å²) in [4.78, 5) is 11.6. The zero-order chi connectivity index (χ0) is 17.9. The predicted octanol–water partition coefficient (Wildman–Crippen LogP) is 4.44. The maximum absolute atomic E-state index is 11.6. The van der Waals surface area contributed by atoms with Gasteiger partial charge in [-0.25, -0.2) is 0 Å². The van der Waals surface area contributed by atoms with Crippen LogP contribution in [0.25, 0.3) is 11.1 Å². The molecule has 0 spiro atoms. The fraction of sp³-hybridized carbons (Fsp3) is 0.136. The molecule has 3 aromatic rings. The van der Waals surface area contributed by atoms with E-state index in [1.54, 1.807) is 7.11 Å². The van der Waals surface area contributed by atoms with Gasteiger partial charge in [0.1, 0.15) is 18.1 Å². The third kappa shape index (κ3) is 3.14. The van der Waals surface area contributed by atoms with Crippen LogP contribution in [0.5, 0.6) is 11.5 Å². The van der Waals surface area contributed by atoms with Gasteiger partial charge in [0.05, 0.1) is 19.1 Å². The van der Waals surface area contributed by atoms with Crippen LogP contribution in [0, 0.1) is 0 Å². The van der Waals surface area contributed by atoms with Crippen molar-refractivity contribution in [1.29, 1.82) is 0 Å². The second-order valence-corrected chi connectivity index (χ2v) is 6.20. The second-order valence-electron chi connectivity index (χ2n) is 6.20. The third-order valence-corrected chi connectivity index (χ3v) is 4.46. The molecule has 3 aromatic carbocycles. The number of methoxy groups -OCH3 is 1. The summed E-state index contributed by atoms with van der Waals surface area (Å²) in [6.45, 7) is 0.478. The SMILES string of the molecule is COc1cccc(OCc2ccccc2)c1-c1ccc2c(c1)CC(=O)N2. The van der Waals surface area contributed by atoms with E-state index in [0.29, 0.717) is 13.0 Å². The van der Waals surface area contributed by atoms with Crippen LogP contribution in [-0.4, -0.2) is 13.0 Å². The highest BCUT2D eigenvalue weighted by Gasteiger charge is 2.20. The highest BCUT2D eigenvalue weighted by Crippen LogP contribution is 2.40. The third-order valence-electron chi connectivity index (χ3n) is 4.46. The first kappa shape index (κ1) is 16.2. The van der Waals surface area contributed by atoms with Crippen LogP contribution in [0.15, 0.2) is 66.7 Å². The van der Waals surface area contributed by atoms with Crippen molar-refractivity contribution in [1.82, 2.24) is 0 Å². The highest BCUT2D eigenvalue weighted by molar-refractivity contribution is 6.00. The maximum Gasteiger partial charge on any atom is 0.228 e. The maximum atomic E-state index is 11.6. The Kier molecular flexibility index (Phi) is 4.32. The summed E-state index contributed by atoms with van der Waals surface area (Å²) >= 11 is 0. The minimum atomic E-state index is 0.0257. The highest BCUT2D eigenvalue weighted by atomic mass is 16.5. The van der Waals surface area contributed by atoms with Crippen LogP contribution in [0.1, 0.15) is 11.1 Å². The normalized spacial score (nSPS) is 12.4. The average Bonchev–Trinajstić information content (AvgIpc) is 3.06. The summed E-state index contributed by atoms with van der Waals surface area (Å²) in [5, 5.41) is 2.86. The van der Waals surface area contributed by atoms with E-state index in [-0.39, 0.29) is 5.91 Å². The molecule has 1 aliphatic rings. The van der Waals surface area contributed by atoms with Crippen molar-refractivity contribution < 1.29 is 14.3 Å². The largest absolute Gasteiger partial charge is 0.496 e. The summed E-state index contributed by atoms with van der Waals surface area (Å²) in [6, 6.07) is 21.8. The number of carbonyl (C=O) groups excluding carboxylic acids is 1. The number of hydrogen-bond donors (Lipinski definition) is 1. The quantitative estimate of drug-likeness (QED) is 0.744. The molecule has 0 saturated carbocycles. The lowest BCUT2D eigenvalue weighted by molar-refractivity contribution is -0.115. The fourth-order valence-electron chi connectivity index (χ4n) is 3.21. The Labute approximate surface area is 152 Å². The van der Waals surface area contributed by atoms with Gasteiger partial charge in [-0.1, -0.05) is 42.5 Å². The minimum Gasteiger partial charge on any atom is -0.496 e. The van der Waals surface area contributed by atoms with Gasteiger partial charge in [-0.05, 0) is 41.0 Å². The second kappa shape index (κ2) is 6.92. The molecular weight excluding hydrogens is 326 g/mol. The van der Waals surface area contributed by atoms with Gasteiger partial charge in [-0.15, -0.1) is 0 Å². The van der Waals surface area contributed by atoms with E-state index in [1.807, 2.05) is 66.7 Å². The van der Waals surface area contributed by atoms with Crippen LogP contribution in [-0.2, 0) is 17.8 Å². The summed E-state index contributed by atoms with van der Waals surface area (Å²) in [7, 11) is 1.65. The smallest absolute Gasteiger partial charge is 0.228 e. The van der Waals surface area contributed by atoms with Crippen molar-refractivity contribution >= 4 is 11.6 Å². The van der Waals surface area contributed by atoms with E-state index in [0.717, 1.165) is 39.4 Å². The summed E-state index contributed by atoms with van der Waals surface area (Å²) in [5.74, 6) is 1.52. The lowest BCUT2D eigenvalue weighted by Gasteiger charge is -2.16. The number of amides is 1. The van der Waals surface area contributed by atoms with Crippen LogP contribution in [0.2, 0.25) is 0 Å². The molecule has 130 valence electrons. The van der Waals surface area contributed by atoms with Gasteiger partial charge in [0.25, 0.3) is 0 Å². The zero-order valence-corrected chi connectivity index (χ0v) is 14.5. The number of anilines is 1. The molecule has 4 heteroatoms. The molecule has 4 nitrogen and oxygen atoms in total. The number of hydrogen-bond acceptors (Lipinski definition) is 3. The lowest BCUT2D eigenvalue weighted by atomic mass is 10.00. The first-order chi connectivity index (χ1) is 12.7. The number of benzene rings is 3. The lowest BCUT2D eigenvalue weighted by Crippen LogP contribution is -2.03. The van der Waals surface area contributed by atoms with Gasteiger partial charge in [-0.2, -0.15) is 0 Å². The molecule has 1 N–H and O–H groups in total. The Morgan fingerprint density at radius 2 is 1.77 bits per heavy atom. The average molecular weight is 345 g/mol. The van der Waals surface area contributed by atoms with Crippen molar-refractivity contribution in [2.45, 2.75) is 13.0 Å². The molecule has 1 heterocycles. The van der Waals surface area contributed by atoms with Gasteiger partial charge in [0.2, 0.25) is 5.91 Å². The van der Waals surface area contributed by atoms with E-state index in [2.05, 4.69) is 5.32 Å². The number of ether oxygens (including phenoxy) is 2. The van der Waals surface area contributed by atoms with Crippen molar-refractivity contribution in [3.63, 3.8) is 0 Å². The fourth-order valence-corrected chi connectivity index (χ4v) is 3.21. The van der Waals surface area contributed by atoms with E-state index in [9.17, 15) is 4.79 Å². The van der Waals surface area contributed by atoms with E-state index in [4.69, 9.17) is 9.47 Å². The Bertz CT molecular complexity index is 951. The molecule has 0 aromatic heterocycles. The van der Waals surface area contributed by atoms with Crippen LogP contribution in [0.3, 0.4) is 0 Å². The predicted molar refractivity (Wildman–Crippen MR) is 102 cm³/mol. The Hall–Kier alpha value is -3.27. The molecule has 0 bridgehead atoms. The Balaban J connectivity index is 1.71. The molecule has 0 atom stereocenters. The first-order valence-corrected chi connectivity index (χ1v) is 8.51. The monoisotopic (exact) mass is 345 g/mol. The number of fused-ring (bicyclic) bond motifs is 1. The molecule has 4 rings (SSSR count). The number of carbonyl (C=O) groups is 1. The van der Waals surface area contributed by atoms with Gasteiger partial charge in [0.15, 0.2) is 0 Å². The molecule has 0 radical (unpaired) electrons. The van der Waals surface area contributed by atoms with E-state index in [1.165, 1.54) is 0 Å². The molecule has 1 amide bonds. The van der Waals surface area contributed by atoms with Crippen molar-refractivity contribution in [3.8, 4) is 22.6 Å². The molecule has 0 fully saturated rings. The molecule has 26 heavy (non-hydrogen) atoms. The van der Waals surface area contributed by atoms with E-state index >= 15 is 0 Å². The van der Waals surface area contributed by atoms with Crippen molar-refractivity contribution in [2.24, 2.45) is 0 Å². The Morgan fingerprint density at radius 1 is 0.962 bits per heavy atom. The van der Waals surface area contributed by atoms with Crippen LogP contribution < -0.4 is 14.8 Å². The van der Waals surface area contributed by atoms with E-state index < -0.39 is 0 Å². The number of nitrogens with one attached hydrogen (secondary N) is 1. The molecular formula is C22H19NO3. The van der Waals surface area contributed by atoms with Crippen LogP contribution >= 0.6 is 0 Å². The molecule has 1 aliphatic heterocycles. The summed E-state index contributed by atoms with van der Waals surface area (Å²) in [6.07, 6.45) is 0.401. The Morgan fingerprint density at radius 3 is 2.58 bits per heavy atom.